The number of methoxy groups -OCH3 is 1. The van der Waals surface area contributed by atoms with Crippen LogP contribution in [-0.4, -0.2) is 17.6 Å². The van der Waals surface area contributed by atoms with Gasteiger partial charge in [-0.15, -0.1) is 0 Å². The summed E-state index contributed by atoms with van der Waals surface area (Å²) in [7, 11) is 1.24. The van der Waals surface area contributed by atoms with Gasteiger partial charge in [0.25, 0.3) is 11.2 Å². The Bertz CT molecular complexity index is 1200. The van der Waals surface area contributed by atoms with Crippen molar-refractivity contribution in [2.24, 2.45) is 0 Å². The van der Waals surface area contributed by atoms with Gasteiger partial charge in [-0.25, -0.2) is 9.64 Å². The molecule has 5 heteroatoms. The number of carbonyl (C=O) groups excluding carboxylic acids is 1. The molecule has 0 fully saturated rings. The van der Waals surface area contributed by atoms with E-state index in [0.29, 0.717) is 12.2 Å². The maximum absolute atomic E-state index is 13.2. The van der Waals surface area contributed by atoms with Gasteiger partial charge in [0.1, 0.15) is 0 Å². The molecule has 1 heterocycles. The molecule has 1 aromatic heterocycles. The molecule has 29 heavy (non-hydrogen) atoms. The zero-order valence-electron chi connectivity index (χ0n) is 16.9. The number of ether oxygens (including phenoxy) is 1. The van der Waals surface area contributed by atoms with Crippen LogP contribution < -0.4 is 5.56 Å². The van der Waals surface area contributed by atoms with Crippen LogP contribution in [0.25, 0.3) is 16.1 Å². The summed E-state index contributed by atoms with van der Waals surface area (Å²) in [6.45, 7) is 13.7. The van der Waals surface area contributed by atoms with Gasteiger partial charge in [0.15, 0.2) is 0 Å². The minimum atomic E-state index is -0.694. The fourth-order valence-electron chi connectivity index (χ4n) is 3.40. The van der Waals surface area contributed by atoms with Crippen molar-refractivity contribution in [1.29, 1.82) is 0 Å². The fraction of sp³-hybridized carbons (Fsp3) is 0.208. The fourth-order valence-corrected chi connectivity index (χ4v) is 3.40. The van der Waals surface area contributed by atoms with Gasteiger partial charge in [-0.05, 0) is 49.6 Å². The van der Waals surface area contributed by atoms with Crippen LogP contribution in [0, 0.1) is 27.3 Å². The van der Waals surface area contributed by atoms with Gasteiger partial charge in [0.2, 0.25) is 0 Å². The normalized spacial score (nSPS) is 10.4. The van der Waals surface area contributed by atoms with Gasteiger partial charge in [-0.3, -0.25) is 4.79 Å². The quantitative estimate of drug-likeness (QED) is 0.477. The summed E-state index contributed by atoms with van der Waals surface area (Å²) in [6, 6.07) is 15.3. The molecular formula is C24H22N2O3. The number of rotatable bonds is 4. The molecule has 0 atom stereocenters. The SMILES string of the molecule is [C-]#[N+]c1c(C(=O)OC)cc(-c2cccc(C)c2)n(Cc2ccc(C)cc2C)c1=O. The Labute approximate surface area is 170 Å². The van der Waals surface area contributed by atoms with E-state index in [9.17, 15) is 9.59 Å². The van der Waals surface area contributed by atoms with E-state index in [2.05, 4.69) is 10.9 Å². The van der Waals surface area contributed by atoms with E-state index in [-0.39, 0.29) is 11.3 Å². The van der Waals surface area contributed by atoms with E-state index in [1.165, 1.54) is 7.11 Å². The van der Waals surface area contributed by atoms with Crippen LogP contribution >= 0.6 is 0 Å². The van der Waals surface area contributed by atoms with Crippen LogP contribution in [0.15, 0.2) is 53.3 Å². The Morgan fingerprint density at radius 2 is 1.79 bits per heavy atom. The van der Waals surface area contributed by atoms with Gasteiger partial charge in [-0.2, -0.15) is 0 Å². The lowest BCUT2D eigenvalue weighted by atomic mass is 10.0. The van der Waals surface area contributed by atoms with E-state index in [0.717, 1.165) is 27.8 Å². The molecule has 5 nitrogen and oxygen atoms in total. The highest BCUT2D eigenvalue weighted by molar-refractivity contribution is 5.96. The molecule has 0 aliphatic rings. The van der Waals surface area contributed by atoms with Crippen molar-refractivity contribution in [2.45, 2.75) is 27.3 Å². The largest absolute Gasteiger partial charge is 0.466 e. The Morgan fingerprint density at radius 1 is 1.07 bits per heavy atom. The van der Waals surface area contributed by atoms with E-state index in [4.69, 9.17) is 11.3 Å². The third-order valence-corrected chi connectivity index (χ3v) is 4.93. The van der Waals surface area contributed by atoms with Crippen molar-refractivity contribution >= 4 is 11.7 Å². The molecule has 0 N–H and O–H groups in total. The molecule has 2 aromatic carbocycles. The monoisotopic (exact) mass is 386 g/mol. The number of benzene rings is 2. The summed E-state index contributed by atoms with van der Waals surface area (Å²) in [5, 5.41) is 0. The zero-order valence-corrected chi connectivity index (χ0v) is 16.9. The molecule has 146 valence electrons. The van der Waals surface area contributed by atoms with Gasteiger partial charge in [0, 0.05) is 5.69 Å². The molecule has 0 spiro atoms. The van der Waals surface area contributed by atoms with Crippen LogP contribution in [0.5, 0.6) is 0 Å². The highest BCUT2D eigenvalue weighted by Gasteiger charge is 2.22. The number of nitrogens with zero attached hydrogens (tertiary/aromatic N) is 2. The summed E-state index contributed by atoms with van der Waals surface area (Å²) in [6.07, 6.45) is 0. The molecular weight excluding hydrogens is 364 g/mol. The third kappa shape index (κ3) is 3.97. The first-order valence-corrected chi connectivity index (χ1v) is 9.22. The summed E-state index contributed by atoms with van der Waals surface area (Å²) in [4.78, 5) is 28.8. The van der Waals surface area contributed by atoms with Gasteiger partial charge < -0.3 is 9.30 Å². The average molecular weight is 386 g/mol. The smallest absolute Gasteiger partial charge is 0.327 e. The Hall–Kier alpha value is -3.65. The molecule has 0 aliphatic carbocycles. The van der Waals surface area contributed by atoms with E-state index in [1.54, 1.807) is 10.6 Å². The number of esters is 1. The summed E-state index contributed by atoms with van der Waals surface area (Å²) in [5.41, 5.74) is 4.85. The third-order valence-electron chi connectivity index (χ3n) is 4.93. The van der Waals surface area contributed by atoms with Crippen LogP contribution in [0.4, 0.5) is 5.69 Å². The molecule has 0 saturated heterocycles. The predicted molar refractivity (Wildman–Crippen MR) is 113 cm³/mol. The van der Waals surface area contributed by atoms with E-state index in [1.807, 2.05) is 57.2 Å². The molecule has 0 unspecified atom stereocenters. The van der Waals surface area contributed by atoms with Crippen LogP contribution in [0.1, 0.15) is 32.6 Å². The highest BCUT2D eigenvalue weighted by atomic mass is 16.5. The summed E-state index contributed by atoms with van der Waals surface area (Å²) in [5.74, 6) is -0.694. The van der Waals surface area contributed by atoms with Crippen LogP contribution in [0.2, 0.25) is 0 Å². The first-order chi connectivity index (χ1) is 13.8. The van der Waals surface area contributed by atoms with Crippen LogP contribution in [-0.2, 0) is 11.3 Å². The Balaban J connectivity index is 2.31. The van der Waals surface area contributed by atoms with Crippen molar-refractivity contribution < 1.29 is 9.53 Å². The Morgan fingerprint density at radius 3 is 2.41 bits per heavy atom. The molecule has 0 radical (unpaired) electrons. The second kappa shape index (κ2) is 8.15. The molecule has 3 aromatic rings. The first-order valence-electron chi connectivity index (χ1n) is 9.22. The summed E-state index contributed by atoms with van der Waals surface area (Å²) < 4.78 is 6.37. The summed E-state index contributed by atoms with van der Waals surface area (Å²) >= 11 is 0. The first kappa shape index (κ1) is 20.1. The molecule has 0 amide bonds. The molecule has 0 bridgehead atoms. The number of aryl methyl sites for hydroxylation is 3. The second-order valence-corrected chi connectivity index (χ2v) is 7.09. The Kier molecular flexibility index (Phi) is 5.65. The number of aromatic nitrogens is 1. The number of pyridine rings is 1. The predicted octanol–water partition coefficient (Wildman–Crippen LogP) is 4.83. The average Bonchev–Trinajstić information content (AvgIpc) is 2.70. The topological polar surface area (TPSA) is 52.7 Å². The van der Waals surface area contributed by atoms with Crippen LogP contribution in [0.3, 0.4) is 0 Å². The molecule has 0 saturated carbocycles. The van der Waals surface area contributed by atoms with Crippen molar-refractivity contribution in [2.75, 3.05) is 7.11 Å². The number of hydrogen-bond donors (Lipinski definition) is 0. The lowest BCUT2D eigenvalue weighted by Gasteiger charge is -2.17. The minimum Gasteiger partial charge on any atom is -0.466 e. The van der Waals surface area contributed by atoms with Gasteiger partial charge in [-0.1, -0.05) is 47.5 Å². The lowest BCUT2D eigenvalue weighted by Crippen LogP contribution is -2.25. The molecule has 0 aliphatic heterocycles. The lowest BCUT2D eigenvalue weighted by molar-refractivity contribution is 0.0601. The zero-order chi connectivity index (χ0) is 21.1. The van der Waals surface area contributed by atoms with Crippen molar-refractivity contribution in [3.05, 3.63) is 98.1 Å². The van der Waals surface area contributed by atoms with E-state index >= 15 is 0 Å². The van der Waals surface area contributed by atoms with E-state index < -0.39 is 11.5 Å². The second-order valence-electron chi connectivity index (χ2n) is 7.09. The maximum Gasteiger partial charge on any atom is 0.327 e. The molecule has 3 rings (SSSR count). The maximum atomic E-state index is 13.2. The van der Waals surface area contributed by atoms with Crippen molar-refractivity contribution in [3.63, 3.8) is 0 Å². The highest BCUT2D eigenvalue weighted by Crippen LogP contribution is 2.27. The number of hydrogen-bond acceptors (Lipinski definition) is 3. The van der Waals surface area contributed by atoms with Gasteiger partial charge >= 0.3 is 5.97 Å². The van der Waals surface area contributed by atoms with Crippen molar-refractivity contribution in [3.8, 4) is 11.3 Å². The van der Waals surface area contributed by atoms with Crippen molar-refractivity contribution in [1.82, 2.24) is 4.57 Å². The minimum absolute atomic E-state index is 0.0131. The van der Waals surface area contributed by atoms with Gasteiger partial charge in [0.05, 0.1) is 25.8 Å². The number of carbonyl (C=O) groups is 1. The standard InChI is InChI=1S/C24H22N2O3/c1-15-7-6-8-18(12-15)21-13-20(24(28)29-5)22(25-4)23(27)26(21)14-19-10-9-16(2)11-17(19)3/h6-13H,14H2,1-3,5H3.